The second kappa shape index (κ2) is 7.71. The van der Waals surface area contributed by atoms with Crippen molar-refractivity contribution in [3.05, 3.63) is 53.1 Å². The molecule has 25 heavy (non-hydrogen) atoms. The third-order valence-corrected chi connectivity index (χ3v) is 4.72. The molecule has 1 unspecified atom stereocenters. The molecule has 2 aromatic rings. The molecule has 0 saturated carbocycles. The lowest BCUT2D eigenvalue weighted by Gasteiger charge is -2.14. The second-order valence-corrected chi connectivity index (χ2v) is 6.50. The average molecular weight is 364 g/mol. The Morgan fingerprint density at radius 1 is 1.48 bits per heavy atom. The molecule has 1 fully saturated rings. The molecule has 3 rings (SSSR count). The summed E-state index contributed by atoms with van der Waals surface area (Å²) in [6.45, 7) is 0.785. The highest BCUT2D eigenvalue weighted by Gasteiger charge is 2.25. The van der Waals surface area contributed by atoms with E-state index in [2.05, 4.69) is 10.3 Å². The summed E-state index contributed by atoms with van der Waals surface area (Å²) in [6.07, 6.45) is 0. The van der Waals surface area contributed by atoms with E-state index in [4.69, 9.17) is 9.47 Å². The van der Waals surface area contributed by atoms with E-state index < -0.39 is 5.91 Å². The van der Waals surface area contributed by atoms with E-state index in [0.717, 1.165) is 11.3 Å². The van der Waals surface area contributed by atoms with Crippen molar-refractivity contribution in [3.63, 3.8) is 0 Å². The fraction of sp³-hybridized carbons (Fsp3) is 0.294. The Labute approximate surface area is 148 Å². The Hall–Kier alpha value is -2.32. The van der Waals surface area contributed by atoms with E-state index in [-0.39, 0.29) is 35.0 Å². The molecule has 2 N–H and O–H groups in total. The third kappa shape index (κ3) is 4.02. The van der Waals surface area contributed by atoms with Crippen molar-refractivity contribution in [2.24, 2.45) is 0 Å². The fourth-order valence-electron chi connectivity index (χ4n) is 2.37. The van der Waals surface area contributed by atoms with Crippen LogP contribution >= 0.6 is 11.8 Å². The van der Waals surface area contributed by atoms with Crippen LogP contribution in [0.4, 0.5) is 4.39 Å². The van der Waals surface area contributed by atoms with Gasteiger partial charge in [0.15, 0.2) is 17.2 Å². The first-order valence-electron chi connectivity index (χ1n) is 7.62. The SMILES string of the molecule is COc1cc(C2OCCS2)nc(C(=O)NCc2ccc(F)cc2)c1O. The van der Waals surface area contributed by atoms with Gasteiger partial charge in [0.25, 0.3) is 5.91 Å². The topological polar surface area (TPSA) is 80.7 Å². The van der Waals surface area contributed by atoms with Crippen molar-refractivity contribution in [1.82, 2.24) is 10.3 Å². The van der Waals surface area contributed by atoms with E-state index >= 15 is 0 Å². The predicted octanol–water partition coefficient (Wildman–Crippen LogP) is 2.63. The van der Waals surface area contributed by atoms with Gasteiger partial charge in [0, 0.05) is 18.4 Å². The number of hydrogen-bond acceptors (Lipinski definition) is 6. The number of halogens is 1. The molecule has 1 amide bonds. The van der Waals surface area contributed by atoms with Crippen molar-refractivity contribution < 1.29 is 23.8 Å². The quantitative estimate of drug-likeness (QED) is 0.849. The van der Waals surface area contributed by atoms with Crippen molar-refractivity contribution >= 4 is 17.7 Å². The van der Waals surface area contributed by atoms with Gasteiger partial charge >= 0.3 is 0 Å². The molecule has 8 heteroatoms. The Balaban J connectivity index is 1.80. The number of benzene rings is 1. The first-order valence-corrected chi connectivity index (χ1v) is 8.67. The van der Waals surface area contributed by atoms with Crippen LogP contribution in [0.3, 0.4) is 0 Å². The Morgan fingerprint density at radius 3 is 2.88 bits per heavy atom. The van der Waals surface area contributed by atoms with Crippen LogP contribution in [0, 0.1) is 5.82 Å². The van der Waals surface area contributed by atoms with Gasteiger partial charge < -0.3 is 19.9 Å². The van der Waals surface area contributed by atoms with Gasteiger partial charge in [-0.25, -0.2) is 9.37 Å². The number of carbonyl (C=O) groups is 1. The lowest BCUT2D eigenvalue weighted by molar-refractivity contribution is 0.0940. The predicted molar refractivity (Wildman–Crippen MR) is 91.2 cm³/mol. The monoisotopic (exact) mass is 364 g/mol. The van der Waals surface area contributed by atoms with Crippen molar-refractivity contribution in [3.8, 4) is 11.5 Å². The highest BCUT2D eigenvalue weighted by atomic mass is 32.2. The normalized spacial score (nSPS) is 16.6. The van der Waals surface area contributed by atoms with Crippen LogP contribution < -0.4 is 10.1 Å². The molecule has 1 aromatic carbocycles. The summed E-state index contributed by atoms with van der Waals surface area (Å²) >= 11 is 1.56. The number of rotatable bonds is 5. The molecule has 0 radical (unpaired) electrons. The number of thioether (sulfide) groups is 1. The molecule has 0 bridgehead atoms. The minimum Gasteiger partial charge on any atom is -0.503 e. The molecule has 1 saturated heterocycles. The summed E-state index contributed by atoms with van der Waals surface area (Å²) in [5, 5.41) is 12.9. The minimum atomic E-state index is -0.551. The van der Waals surface area contributed by atoms with Crippen molar-refractivity contribution in [2.45, 2.75) is 12.0 Å². The number of aromatic nitrogens is 1. The summed E-state index contributed by atoms with van der Waals surface area (Å²) in [5.74, 6) is -0.230. The number of pyridine rings is 1. The first-order chi connectivity index (χ1) is 12.1. The van der Waals surface area contributed by atoms with Crippen LogP contribution in [-0.4, -0.2) is 35.5 Å². The zero-order chi connectivity index (χ0) is 17.8. The maximum absolute atomic E-state index is 12.9. The number of amides is 1. The maximum Gasteiger partial charge on any atom is 0.274 e. The van der Waals surface area contributed by atoms with Gasteiger partial charge in [-0.2, -0.15) is 0 Å². The van der Waals surface area contributed by atoms with E-state index in [1.54, 1.807) is 30.0 Å². The molecule has 6 nitrogen and oxygen atoms in total. The van der Waals surface area contributed by atoms with Gasteiger partial charge in [0.05, 0.1) is 19.4 Å². The highest BCUT2D eigenvalue weighted by Crippen LogP contribution is 2.38. The largest absolute Gasteiger partial charge is 0.503 e. The number of hydrogen-bond donors (Lipinski definition) is 2. The smallest absolute Gasteiger partial charge is 0.274 e. The number of methoxy groups -OCH3 is 1. The lowest BCUT2D eigenvalue weighted by atomic mass is 10.2. The average Bonchev–Trinajstić information content (AvgIpc) is 3.16. The van der Waals surface area contributed by atoms with Crippen LogP contribution in [0.5, 0.6) is 11.5 Å². The minimum absolute atomic E-state index is 0.132. The number of nitrogens with one attached hydrogen (secondary N) is 1. The number of nitrogens with zero attached hydrogens (tertiary/aromatic N) is 1. The second-order valence-electron chi connectivity index (χ2n) is 5.33. The summed E-state index contributed by atoms with van der Waals surface area (Å²) in [6, 6.07) is 7.34. The van der Waals surface area contributed by atoms with Crippen LogP contribution in [0.1, 0.15) is 27.2 Å². The molecule has 1 atom stereocenters. The zero-order valence-corrected chi connectivity index (χ0v) is 14.3. The van der Waals surface area contributed by atoms with Crippen LogP contribution in [0.2, 0.25) is 0 Å². The molecule has 1 aromatic heterocycles. The van der Waals surface area contributed by atoms with Crippen LogP contribution in [0.25, 0.3) is 0 Å². The summed E-state index contributed by atoms with van der Waals surface area (Å²) < 4.78 is 23.6. The standard InChI is InChI=1S/C17H17FN2O4S/c1-23-13-8-12(17-24-6-7-25-17)20-14(15(13)21)16(22)19-9-10-2-4-11(18)5-3-10/h2-5,8,17,21H,6-7,9H2,1H3,(H,19,22). The van der Waals surface area contributed by atoms with Gasteiger partial charge in [0.2, 0.25) is 0 Å². The summed E-state index contributed by atoms with van der Waals surface area (Å²) in [7, 11) is 1.40. The van der Waals surface area contributed by atoms with Crippen molar-refractivity contribution in [1.29, 1.82) is 0 Å². The Morgan fingerprint density at radius 2 is 2.24 bits per heavy atom. The van der Waals surface area contributed by atoms with Gasteiger partial charge in [-0.3, -0.25) is 4.79 Å². The van der Waals surface area contributed by atoms with E-state index in [1.807, 2.05) is 0 Å². The van der Waals surface area contributed by atoms with Gasteiger partial charge in [-0.05, 0) is 17.7 Å². The molecule has 1 aliphatic heterocycles. The highest BCUT2D eigenvalue weighted by molar-refractivity contribution is 7.99. The molecule has 132 valence electrons. The molecule has 0 spiro atoms. The summed E-state index contributed by atoms with van der Waals surface area (Å²) in [4.78, 5) is 16.7. The lowest BCUT2D eigenvalue weighted by Crippen LogP contribution is -2.24. The van der Waals surface area contributed by atoms with Crippen molar-refractivity contribution in [2.75, 3.05) is 19.5 Å². The fourth-order valence-corrected chi connectivity index (χ4v) is 3.26. The molecular formula is C17H17FN2O4S. The number of aromatic hydroxyl groups is 1. The molecular weight excluding hydrogens is 347 g/mol. The van der Waals surface area contributed by atoms with E-state index in [1.165, 1.54) is 19.2 Å². The molecule has 1 aliphatic rings. The Kier molecular flexibility index (Phi) is 5.40. The molecule has 2 heterocycles. The third-order valence-electron chi connectivity index (χ3n) is 3.64. The maximum atomic E-state index is 12.9. The van der Waals surface area contributed by atoms with Gasteiger partial charge in [-0.1, -0.05) is 12.1 Å². The van der Waals surface area contributed by atoms with E-state index in [0.29, 0.717) is 12.3 Å². The number of ether oxygens (including phenoxy) is 2. The number of carbonyl (C=O) groups excluding carboxylic acids is 1. The van der Waals surface area contributed by atoms with Gasteiger partial charge in [0.1, 0.15) is 11.3 Å². The summed E-state index contributed by atoms with van der Waals surface area (Å²) in [5.41, 5.74) is 0.821. The zero-order valence-electron chi connectivity index (χ0n) is 13.5. The van der Waals surface area contributed by atoms with Gasteiger partial charge in [-0.15, -0.1) is 11.8 Å². The van der Waals surface area contributed by atoms with Crippen LogP contribution in [-0.2, 0) is 11.3 Å². The Bertz CT molecular complexity index is 764. The van der Waals surface area contributed by atoms with E-state index in [9.17, 15) is 14.3 Å². The molecule has 0 aliphatic carbocycles. The van der Waals surface area contributed by atoms with Crippen LogP contribution in [0.15, 0.2) is 30.3 Å². The first kappa shape index (κ1) is 17.5.